The summed E-state index contributed by atoms with van der Waals surface area (Å²) in [6, 6.07) is 4.80. The lowest BCUT2D eigenvalue weighted by Gasteiger charge is -2.37. The molecule has 0 bridgehead atoms. The highest BCUT2D eigenvalue weighted by molar-refractivity contribution is 7.89. The molecular formula is C13H19ClN2O4S. The Bertz CT molecular complexity index is 623. The van der Waals surface area contributed by atoms with E-state index in [4.69, 9.17) is 9.47 Å². The number of nitrogens with zero attached hydrogens (tertiary/aromatic N) is 1. The standard InChI is InChI=1S/C13H18N2O4S.ClH/c1-9-10(2)15(6-5-14-9)20(16,17)11-3-4-12-13(7-11)19-8-18-12;/h3-4,7,9-10,14H,5-6,8H2,1-2H3;1H. The molecule has 2 aliphatic rings. The Balaban J connectivity index is 0.00000161. The van der Waals surface area contributed by atoms with E-state index < -0.39 is 10.0 Å². The van der Waals surface area contributed by atoms with Crippen LogP contribution in [-0.2, 0) is 10.0 Å². The molecule has 2 unspecified atom stereocenters. The fraction of sp³-hybridized carbons (Fsp3) is 0.538. The SMILES string of the molecule is CC1NCCN(S(=O)(=O)c2ccc3c(c2)OCO3)C1C.Cl. The molecule has 21 heavy (non-hydrogen) atoms. The first-order chi connectivity index (χ1) is 9.50. The second-order valence-electron chi connectivity index (χ2n) is 5.11. The number of sulfonamides is 1. The largest absolute Gasteiger partial charge is 0.454 e. The molecule has 0 saturated carbocycles. The molecule has 0 aliphatic carbocycles. The minimum atomic E-state index is -3.51. The predicted molar refractivity (Wildman–Crippen MR) is 80.6 cm³/mol. The number of nitrogens with one attached hydrogen (secondary N) is 1. The monoisotopic (exact) mass is 334 g/mol. The van der Waals surface area contributed by atoms with E-state index in [0.29, 0.717) is 24.6 Å². The Labute approximate surface area is 130 Å². The van der Waals surface area contributed by atoms with Crippen molar-refractivity contribution < 1.29 is 17.9 Å². The number of piperazine rings is 1. The molecule has 3 rings (SSSR count). The van der Waals surface area contributed by atoms with Gasteiger partial charge in [-0.1, -0.05) is 0 Å². The average Bonchev–Trinajstić information content (AvgIpc) is 2.89. The van der Waals surface area contributed by atoms with Crippen LogP contribution < -0.4 is 14.8 Å². The normalized spacial score (nSPS) is 25.4. The zero-order valence-electron chi connectivity index (χ0n) is 11.9. The Morgan fingerprint density at radius 3 is 2.71 bits per heavy atom. The summed E-state index contributed by atoms with van der Waals surface area (Å²) in [7, 11) is -3.51. The van der Waals surface area contributed by atoms with Crippen molar-refractivity contribution in [2.75, 3.05) is 19.9 Å². The molecule has 118 valence electrons. The summed E-state index contributed by atoms with van der Waals surface area (Å²) in [6.45, 7) is 5.19. The number of hydrogen-bond donors (Lipinski definition) is 1. The smallest absolute Gasteiger partial charge is 0.243 e. The maximum atomic E-state index is 12.7. The second-order valence-corrected chi connectivity index (χ2v) is 7.00. The fourth-order valence-corrected chi connectivity index (χ4v) is 4.26. The molecule has 1 saturated heterocycles. The van der Waals surface area contributed by atoms with Crippen molar-refractivity contribution in [3.63, 3.8) is 0 Å². The van der Waals surface area contributed by atoms with Crippen LogP contribution in [0.1, 0.15) is 13.8 Å². The summed E-state index contributed by atoms with van der Waals surface area (Å²) in [5, 5.41) is 3.28. The van der Waals surface area contributed by atoms with Gasteiger partial charge in [-0.05, 0) is 26.0 Å². The number of ether oxygens (including phenoxy) is 2. The van der Waals surface area contributed by atoms with Crippen LogP contribution >= 0.6 is 12.4 Å². The first-order valence-corrected chi connectivity index (χ1v) is 8.09. The van der Waals surface area contributed by atoms with Crippen molar-refractivity contribution in [3.8, 4) is 11.5 Å². The maximum absolute atomic E-state index is 12.7. The highest BCUT2D eigenvalue weighted by Crippen LogP contribution is 2.35. The summed E-state index contributed by atoms with van der Waals surface area (Å²) in [4.78, 5) is 0.253. The van der Waals surface area contributed by atoms with E-state index >= 15 is 0 Å². The van der Waals surface area contributed by atoms with E-state index in [0.717, 1.165) is 0 Å². The summed E-state index contributed by atoms with van der Waals surface area (Å²) in [5.41, 5.74) is 0. The van der Waals surface area contributed by atoms with Crippen LogP contribution in [0.2, 0.25) is 0 Å². The van der Waals surface area contributed by atoms with Gasteiger partial charge in [-0.15, -0.1) is 12.4 Å². The Morgan fingerprint density at radius 1 is 1.24 bits per heavy atom. The minimum absolute atomic E-state index is 0. The predicted octanol–water partition coefficient (Wildman–Crippen LogP) is 1.21. The van der Waals surface area contributed by atoms with E-state index in [1.54, 1.807) is 16.4 Å². The molecule has 1 aromatic carbocycles. The Kier molecular flexibility index (Phi) is 4.67. The van der Waals surface area contributed by atoms with Crippen molar-refractivity contribution >= 4 is 22.4 Å². The molecule has 8 heteroatoms. The van der Waals surface area contributed by atoms with Gasteiger partial charge in [-0.3, -0.25) is 0 Å². The molecular weight excluding hydrogens is 316 g/mol. The Morgan fingerprint density at radius 2 is 1.95 bits per heavy atom. The molecule has 2 heterocycles. The van der Waals surface area contributed by atoms with Gasteiger partial charge in [0.25, 0.3) is 0 Å². The van der Waals surface area contributed by atoms with Crippen molar-refractivity contribution in [3.05, 3.63) is 18.2 Å². The third-order valence-corrected chi connectivity index (χ3v) is 5.91. The molecule has 1 aromatic rings. The van der Waals surface area contributed by atoms with Crippen molar-refractivity contribution in [2.45, 2.75) is 30.8 Å². The molecule has 0 amide bonds. The molecule has 1 N–H and O–H groups in total. The summed E-state index contributed by atoms with van der Waals surface area (Å²) < 4.78 is 37.5. The van der Waals surface area contributed by atoms with Crippen LogP contribution in [0.15, 0.2) is 23.1 Å². The van der Waals surface area contributed by atoms with Gasteiger partial charge in [0.2, 0.25) is 16.8 Å². The van der Waals surface area contributed by atoms with E-state index in [2.05, 4.69) is 5.32 Å². The van der Waals surface area contributed by atoms with Crippen molar-refractivity contribution in [1.29, 1.82) is 0 Å². The maximum Gasteiger partial charge on any atom is 0.243 e. The lowest BCUT2D eigenvalue weighted by atomic mass is 10.1. The van der Waals surface area contributed by atoms with Crippen LogP contribution in [0.25, 0.3) is 0 Å². The van der Waals surface area contributed by atoms with Crippen LogP contribution in [0.4, 0.5) is 0 Å². The van der Waals surface area contributed by atoms with Crippen molar-refractivity contribution in [1.82, 2.24) is 9.62 Å². The number of rotatable bonds is 2. The molecule has 6 nitrogen and oxygen atoms in total. The van der Waals surface area contributed by atoms with E-state index in [1.807, 2.05) is 13.8 Å². The summed E-state index contributed by atoms with van der Waals surface area (Å²) in [6.07, 6.45) is 0. The number of hydrogen-bond acceptors (Lipinski definition) is 5. The molecule has 0 radical (unpaired) electrons. The first-order valence-electron chi connectivity index (χ1n) is 6.65. The van der Waals surface area contributed by atoms with Gasteiger partial charge >= 0.3 is 0 Å². The van der Waals surface area contributed by atoms with Crippen LogP contribution in [0.3, 0.4) is 0 Å². The van der Waals surface area contributed by atoms with Gasteiger partial charge in [0.1, 0.15) is 0 Å². The summed E-state index contributed by atoms with van der Waals surface area (Å²) in [5.74, 6) is 1.08. The zero-order valence-corrected chi connectivity index (χ0v) is 13.5. The fourth-order valence-electron chi connectivity index (χ4n) is 2.54. The third-order valence-electron chi connectivity index (χ3n) is 3.93. The average molecular weight is 335 g/mol. The highest BCUT2D eigenvalue weighted by Gasteiger charge is 2.35. The first kappa shape index (κ1) is 16.4. The highest BCUT2D eigenvalue weighted by atomic mass is 35.5. The summed E-state index contributed by atoms with van der Waals surface area (Å²) >= 11 is 0. The molecule has 0 aromatic heterocycles. The number of fused-ring (bicyclic) bond motifs is 1. The lowest BCUT2D eigenvalue weighted by Crippen LogP contribution is -2.57. The second kappa shape index (κ2) is 6.00. The zero-order chi connectivity index (χ0) is 14.3. The van der Waals surface area contributed by atoms with Crippen molar-refractivity contribution in [2.24, 2.45) is 0 Å². The van der Waals surface area contributed by atoms with Gasteiger partial charge in [0.05, 0.1) is 4.90 Å². The van der Waals surface area contributed by atoms with Gasteiger partial charge in [-0.2, -0.15) is 4.31 Å². The van der Waals surface area contributed by atoms with Gasteiger partial charge in [0, 0.05) is 31.2 Å². The van der Waals surface area contributed by atoms with Crippen LogP contribution in [0, 0.1) is 0 Å². The third kappa shape index (κ3) is 2.83. The lowest BCUT2D eigenvalue weighted by molar-refractivity contribution is 0.174. The van der Waals surface area contributed by atoms with E-state index in [-0.39, 0.29) is 36.2 Å². The van der Waals surface area contributed by atoms with Crippen LogP contribution in [0.5, 0.6) is 11.5 Å². The van der Waals surface area contributed by atoms with E-state index in [9.17, 15) is 8.42 Å². The molecule has 2 atom stereocenters. The van der Waals surface area contributed by atoms with Crippen LogP contribution in [-0.4, -0.2) is 44.7 Å². The van der Waals surface area contributed by atoms with Gasteiger partial charge < -0.3 is 14.8 Å². The number of halogens is 1. The minimum Gasteiger partial charge on any atom is -0.454 e. The molecule has 2 aliphatic heterocycles. The Hall–Kier alpha value is -1.02. The quantitative estimate of drug-likeness (QED) is 0.880. The van der Waals surface area contributed by atoms with Gasteiger partial charge in [0.15, 0.2) is 11.5 Å². The van der Waals surface area contributed by atoms with Gasteiger partial charge in [-0.25, -0.2) is 8.42 Å². The molecule has 0 spiro atoms. The van der Waals surface area contributed by atoms with E-state index in [1.165, 1.54) is 6.07 Å². The number of benzene rings is 1. The molecule has 1 fully saturated rings. The topological polar surface area (TPSA) is 67.9 Å².